The van der Waals surface area contributed by atoms with Gasteiger partial charge in [0.1, 0.15) is 6.33 Å². The Labute approximate surface area is 106 Å². The van der Waals surface area contributed by atoms with Crippen molar-refractivity contribution in [3.63, 3.8) is 0 Å². The molecule has 18 heavy (non-hydrogen) atoms. The largest absolute Gasteiger partial charge is 0.393 e. The zero-order valence-electron chi connectivity index (χ0n) is 10.9. The van der Waals surface area contributed by atoms with Gasteiger partial charge in [0.15, 0.2) is 0 Å². The lowest BCUT2D eigenvalue weighted by Gasteiger charge is -2.42. The highest BCUT2D eigenvalue weighted by Gasteiger charge is 2.46. The van der Waals surface area contributed by atoms with Crippen LogP contribution >= 0.6 is 0 Å². The first-order chi connectivity index (χ1) is 8.62. The van der Waals surface area contributed by atoms with Crippen molar-refractivity contribution < 1.29 is 5.11 Å². The summed E-state index contributed by atoms with van der Waals surface area (Å²) in [6.07, 6.45) is 8.71. The van der Waals surface area contributed by atoms with E-state index in [1.165, 1.54) is 30.3 Å². The number of aromatic nitrogens is 3. The van der Waals surface area contributed by atoms with Crippen LogP contribution in [0.15, 0.2) is 11.1 Å². The van der Waals surface area contributed by atoms with Gasteiger partial charge in [0.25, 0.3) is 0 Å². The van der Waals surface area contributed by atoms with Gasteiger partial charge in [0, 0.05) is 7.05 Å². The zero-order chi connectivity index (χ0) is 12.8. The molecule has 0 aromatic carbocycles. The van der Waals surface area contributed by atoms with Crippen molar-refractivity contribution >= 4 is 0 Å². The Hall–Kier alpha value is -1.10. The van der Waals surface area contributed by atoms with Crippen molar-refractivity contribution in [2.45, 2.75) is 57.1 Å². The van der Waals surface area contributed by atoms with Gasteiger partial charge >= 0.3 is 5.69 Å². The van der Waals surface area contributed by atoms with Crippen molar-refractivity contribution in [1.82, 2.24) is 14.3 Å². The molecule has 0 aliphatic heterocycles. The molecule has 1 N–H and O–H groups in total. The van der Waals surface area contributed by atoms with E-state index in [4.69, 9.17) is 0 Å². The maximum absolute atomic E-state index is 12.1. The van der Waals surface area contributed by atoms with E-state index in [1.54, 1.807) is 18.1 Å². The number of aryl methyl sites for hydroxylation is 1. The normalized spacial score (nSPS) is 31.0. The minimum Gasteiger partial charge on any atom is -0.393 e. The smallest absolute Gasteiger partial charge is 0.345 e. The highest BCUT2D eigenvalue weighted by molar-refractivity contribution is 4.98. The molecule has 1 heterocycles. The van der Waals surface area contributed by atoms with E-state index >= 15 is 0 Å². The molecule has 100 valence electrons. The Morgan fingerprint density at radius 1 is 1.39 bits per heavy atom. The molecule has 1 spiro atoms. The quantitative estimate of drug-likeness (QED) is 0.816. The van der Waals surface area contributed by atoms with Crippen LogP contribution in [0.1, 0.15) is 51.0 Å². The second-order valence-electron chi connectivity index (χ2n) is 5.98. The molecule has 0 saturated heterocycles. The highest BCUT2D eigenvalue weighted by Crippen LogP contribution is 2.54. The highest BCUT2D eigenvalue weighted by atomic mass is 16.3. The molecule has 1 aromatic heterocycles. The summed E-state index contributed by atoms with van der Waals surface area (Å²) in [7, 11) is 1.73. The summed E-state index contributed by atoms with van der Waals surface area (Å²) in [5.74, 6) is 0. The Morgan fingerprint density at radius 3 is 2.72 bits per heavy atom. The van der Waals surface area contributed by atoms with Crippen LogP contribution in [0.25, 0.3) is 0 Å². The lowest BCUT2D eigenvalue weighted by atomic mass is 9.68. The molecule has 1 aromatic rings. The van der Waals surface area contributed by atoms with E-state index in [-0.39, 0.29) is 23.3 Å². The van der Waals surface area contributed by atoms with Gasteiger partial charge in [-0.05, 0) is 37.5 Å². The fraction of sp³-hybridized carbons (Fsp3) is 0.846. The fourth-order valence-electron chi connectivity index (χ4n) is 3.88. The standard InChI is InChI=1S/C13H21N3O2/c1-15-9-14-16(12(15)18)11-8-10(17)4-7-13(11)5-2-3-6-13/h9-11,17H,2-8H2,1H3. The van der Waals surface area contributed by atoms with Crippen molar-refractivity contribution in [2.75, 3.05) is 0 Å². The molecule has 2 aliphatic carbocycles. The summed E-state index contributed by atoms with van der Waals surface area (Å²) in [6, 6.07) is 0.0810. The van der Waals surface area contributed by atoms with Gasteiger partial charge < -0.3 is 5.11 Å². The third-order valence-electron chi connectivity index (χ3n) is 4.92. The SMILES string of the molecule is Cn1cnn(C2CC(O)CCC23CCCC3)c1=O. The van der Waals surface area contributed by atoms with Gasteiger partial charge in [0.05, 0.1) is 12.1 Å². The molecule has 2 fully saturated rings. The maximum atomic E-state index is 12.1. The van der Waals surface area contributed by atoms with Crippen LogP contribution in [0.4, 0.5) is 0 Å². The van der Waals surface area contributed by atoms with Crippen molar-refractivity contribution in [2.24, 2.45) is 12.5 Å². The summed E-state index contributed by atoms with van der Waals surface area (Å²) < 4.78 is 3.14. The van der Waals surface area contributed by atoms with Crippen LogP contribution in [-0.2, 0) is 7.05 Å². The average Bonchev–Trinajstić information content (AvgIpc) is 2.94. The number of aliphatic hydroxyl groups excluding tert-OH is 1. The fourth-order valence-corrected chi connectivity index (χ4v) is 3.88. The van der Waals surface area contributed by atoms with Gasteiger partial charge in [-0.1, -0.05) is 12.8 Å². The molecular weight excluding hydrogens is 230 g/mol. The minimum absolute atomic E-state index is 0.0552. The second-order valence-corrected chi connectivity index (χ2v) is 5.98. The third-order valence-corrected chi connectivity index (χ3v) is 4.92. The molecule has 2 saturated carbocycles. The number of hydrogen-bond acceptors (Lipinski definition) is 3. The summed E-state index contributed by atoms with van der Waals surface area (Å²) in [6.45, 7) is 0. The first-order valence-corrected chi connectivity index (χ1v) is 6.91. The Bertz CT molecular complexity index is 485. The Kier molecular flexibility index (Phi) is 2.81. The molecule has 2 unspecified atom stereocenters. The summed E-state index contributed by atoms with van der Waals surface area (Å²) >= 11 is 0. The summed E-state index contributed by atoms with van der Waals surface area (Å²) in [5.41, 5.74) is 0.151. The Morgan fingerprint density at radius 2 is 2.11 bits per heavy atom. The maximum Gasteiger partial charge on any atom is 0.345 e. The molecule has 5 heteroatoms. The van der Waals surface area contributed by atoms with Crippen LogP contribution in [-0.4, -0.2) is 25.6 Å². The van der Waals surface area contributed by atoms with E-state index in [9.17, 15) is 9.90 Å². The lowest BCUT2D eigenvalue weighted by Crippen LogP contribution is -2.42. The van der Waals surface area contributed by atoms with Gasteiger partial charge in [-0.2, -0.15) is 5.10 Å². The first kappa shape index (κ1) is 12.0. The first-order valence-electron chi connectivity index (χ1n) is 6.91. The zero-order valence-corrected chi connectivity index (χ0v) is 10.9. The number of aliphatic hydroxyl groups is 1. The number of nitrogens with zero attached hydrogens (tertiary/aromatic N) is 3. The number of rotatable bonds is 1. The van der Waals surface area contributed by atoms with Gasteiger partial charge in [-0.3, -0.25) is 4.57 Å². The molecular formula is C13H21N3O2. The van der Waals surface area contributed by atoms with Crippen LogP contribution in [0, 0.1) is 5.41 Å². The Balaban J connectivity index is 2.00. The molecule has 0 amide bonds. The van der Waals surface area contributed by atoms with E-state index < -0.39 is 0 Å². The topological polar surface area (TPSA) is 60.1 Å². The monoisotopic (exact) mass is 251 g/mol. The molecule has 0 radical (unpaired) electrons. The van der Waals surface area contributed by atoms with E-state index in [0.717, 1.165) is 12.8 Å². The molecule has 3 rings (SSSR count). The van der Waals surface area contributed by atoms with Crippen molar-refractivity contribution in [1.29, 1.82) is 0 Å². The summed E-state index contributed by atoms with van der Waals surface area (Å²) in [5, 5.41) is 14.2. The predicted molar refractivity (Wildman–Crippen MR) is 67.3 cm³/mol. The lowest BCUT2D eigenvalue weighted by molar-refractivity contribution is 0.0107. The van der Waals surface area contributed by atoms with Crippen LogP contribution < -0.4 is 5.69 Å². The molecule has 2 aliphatic rings. The van der Waals surface area contributed by atoms with E-state index in [2.05, 4.69) is 5.10 Å². The molecule has 0 bridgehead atoms. The van der Waals surface area contributed by atoms with E-state index in [1.807, 2.05) is 0 Å². The molecule has 2 atom stereocenters. The van der Waals surface area contributed by atoms with Gasteiger partial charge in [-0.25, -0.2) is 9.48 Å². The van der Waals surface area contributed by atoms with Gasteiger partial charge in [0.2, 0.25) is 0 Å². The van der Waals surface area contributed by atoms with Crippen LogP contribution in [0.3, 0.4) is 0 Å². The predicted octanol–water partition coefficient (Wildman–Crippen LogP) is 1.23. The van der Waals surface area contributed by atoms with Crippen LogP contribution in [0.5, 0.6) is 0 Å². The van der Waals surface area contributed by atoms with Crippen LogP contribution in [0.2, 0.25) is 0 Å². The third kappa shape index (κ3) is 1.72. The van der Waals surface area contributed by atoms with Gasteiger partial charge in [-0.15, -0.1) is 0 Å². The van der Waals surface area contributed by atoms with E-state index in [0.29, 0.717) is 6.42 Å². The number of hydrogen-bond donors (Lipinski definition) is 1. The minimum atomic E-state index is -0.282. The van der Waals surface area contributed by atoms with Crippen molar-refractivity contribution in [3.8, 4) is 0 Å². The average molecular weight is 251 g/mol. The van der Waals surface area contributed by atoms with Crippen molar-refractivity contribution in [3.05, 3.63) is 16.8 Å². The second kappa shape index (κ2) is 4.23. The molecule has 5 nitrogen and oxygen atoms in total. The summed E-state index contributed by atoms with van der Waals surface area (Å²) in [4.78, 5) is 12.1.